The van der Waals surface area contributed by atoms with E-state index in [9.17, 15) is 0 Å². The van der Waals surface area contributed by atoms with Crippen molar-refractivity contribution in [3.05, 3.63) is 20.1 Å². The van der Waals surface area contributed by atoms with Crippen molar-refractivity contribution in [1.29, 1.82) is 0 Å². The van der Waals surface area contributed by atoms with Crippen LogP contribution < -0.4 is 5.32 Å². The minimum atomic E-state index is 0.491. The van der Waals surface area contributed by atoms with Crippen molar-refractivity contribution in [1.82, 2.24) is 10.3 Å². The minimum Gasteiger partial charge on any atom is -0.313 e. The molecule has 0 atom stereocenters. The van der Waals surface area contributed by atoms with Crippen LogP contribution in [0.2, 0.25) is 9.62 Å². The highest BCUT2D eigenvalue weighted by Gasteiger charge is 2.06. The predicted molar refractivity (Wildman–Crippen MR) is 68.9 cm³/mol. The highest BCUT2D eigenvalue weighted by Crippen LogP contribution is 2.28. The fraction of sp³-hybridized carbons (Fsp3) is 0.500. The van der Waals surface area contributed by atoms with Crippen molar-refractivity contribution in [3.8, 4) is 0 Å². The van der Waals surface area contributed by atoms with Gasteiger partial charge in [-0.3, -0.25) is 0 Å². The fourth-order valence-electron chi connectivity index (χ4n) is 1.13. The van der Waals surface area contributed by atoms with E-state index in [4.69, 9.17) is 23.2 Å². The number of hydrogen-bond donors (Lipinski definition) is 1. The summed E-state index contributed by atoms with van der Waals surface area (Å²) in [5.74, 6) is 0. The van der Waals surface area contributed by atoms with Crippen molar-refractivity contribution >= 4 is 40.6 Å². The summed E-state index contributed by atoms with van der Waals surface area (Å²) in [4.78, 5) is 4.90. The van der Waals surface area contributed by atoms with E-state index in [1.165, 1.54) is 16.9 Å². The Morgan fingerprint density at radius 2 is 2.20 bits per heavy atom. The van der Waals surface area contributed by atoms with Crippen LogP contribution in [0.5, 0.6) is 0 Å². The standard InChI is InChI=1S/C10H14Cl2N2S/c1-3-7(6-13-4-2)5-8-9(11)14-10(12)15-8/h5,13H,3-4,6H2,1-2H3. The lowest BCUT2D eigenvalue weighted by molar-refractivity contribution is 0.762. The third-order valence-corrected chi connectivity index (χ3v) is 3.48. The topological polar surface area (TPSA) is 24.9 Å². The van der Waals surface area contributed by atoms with Crippen LogP contribution in [0.1, 0.15) is 25.1 Å². The van der Waals surface area contributed by atoms with Gasteiger partial charge in [0.2, 0.25) is 0 Å². The number of halogens is 2. The van der Waals surface area contributed by atoms with Gasteiger partial charge in [-0.15, -0.1) is 11.3 Å². The Labute approximate surface area is 104 Å². The monoisotopic (exact) mass is 264 g/mol. The molecule has 0 aliphatic rings. The molecule has 15 heavy (non-hydrogen) atoms. The largest absolute Gasteiger partial charge is 0.313 e. The summed E-state index contributed by atoms with van der Waals surface area (Å²) in [6.45, 7) is 6.07. The van der Waals surface area contributed by atoms with Crippen LogP contribution in [0.3, 0.4) is 0 Å². The molecule has 0 amide bonds. The Hall–Kier alpha value is -0.0900. The molecule has 84 valence electrons. The average Bonchev–Trinajstić information content (AvgIpc) is 2.52. The van der Waals surface area contributed by atoms with E-state index in [2.05, 4.69) is 30.2 Å². The van der Waals surface area contributed by atoms with Crippen molar-refractivity contribution < 1.29 is 0 Å². The Bertz CT molecular complexity index is 347. The number of nitrogens with zero attached hydrogens (tertiary/aromatic N) is 1. The van der Waals surface area contributed by atoms with Gasteiger partial charge in [0.05, 0.1) is 4.88 Å². The van der Waals surface area contributed by atoms with Crippen LogP contribution in [0, 0.1) is 0 Å². The number of hydrogen-bond acceptors (Lipinski definition) is 3. The van der Waals surface area contributed by atoms with Gasteiger partial charge < -0.3 is 5.32 Å². The third kappa shape index (κ3) is 4.11. The van der Waals surface area contributed by atoms with Crippen molar-refractivity contribution in [2.45, 2.75) is 20.3 Å². The molecule has 0 aromatic carbocycles. The minimum absolute atomic E-state index is 0.491. The molecule has 0 aliphatic carbocycles. The van der Waals surface area contributed by atoms with Crippen LogP contribution in [-0.4, -0.2) is 18.1 Å². The molecule has 1 aromatic rings. The molecule has 0 saturated carbocycles. The van der Waals surface area contributed by atoms with Gasteiger partial charge in [-0.25, -0.2) is 4.98 Å². The van der Waals surface area contributed by atoms with Gasteiger partial charge >= 0.3 is 0 Å². The Morgan fingerprint density at radius 3 is 2.67 bits per heavy atom. The van der Waals surface area contributed by atoms with E-state index in [0.29, 0.717) is 9.62 Å². The molecule has 2 nitrogen and oxygen atoms in total. The maximum atomic E-state index is 5.93. The molecule has 5 heteroatoms. The molecule has 0 saturated heterocycles. The van der Waals surface area contributed by atoms with E-state index in [1.807, 2.05) is 0 Å². The number of likely N-dealkylation sites (N-methyl/N-ethyl adjacent to an activating group) is 1. The Kier molecular flexibility index (Phi) is 5.61. The SMILES string of the molecule is CCNCC(=Cc1sc(Cl)nc1Cl)CC. The second-order valence-corrected chi connectivity index (χ2v) is 5.03. The zero-order valence-corrected chi connectivity index (χ0v) is 11.1. The Balaban J connectivity index is 2.78. The molecule has 1 heterocycles. The second-order valence-electron chi connectivity index (χ2n) is 3.06. The van der Waals surface area contributed by atoms with Crippen molar-refractivity contribution in [2.75, 3.05) is 13.1 Å². The zero-order valence-electron chi connectivity index (χ0n) is 8.81. The first-order valence-electron chi connectivity index (χ1n) is 4.89. The lowest BCUT2D eigenvalue weighted by Gasteiger charge is -2.04. The normalized spacial score (nSPS) is 12.1. The summed E-state index contributed by atoms with van der Waals surface area (Å²) < 4.78 is 0.491. The smallest absolute Gasteiger partial charge is 0.185 e. The molecule has 1 N–H and O–H groups in total. The summed E-state index contributed by atoms with van der Waals surface area (Å²) in [5, 5.41) is 3.78. The van der Waals surface area contributed by atoms with Gasteiger partial charge in [0.1, 0.15) is 5.15 Å². The third-order valence-electron chi connectivity index (χ3n) is 1.97. The first kappa shape index (κ1) is 13.0. The predicted octanol–water partition coefficient (Wildman–Crippen LogP) is 3.85. The van der Waals surface area contributed by atoms with Crippen molar-refractivity contribution in [2.24, 2.45) is 0 Å². The maximum Gasteiger partial charge on any atom is 0.185 e. The second kappa shape index (κ2) is 6.48. The summed E-state index contributed by atoms with van der Waals surface area (Å²) in [5.41, 5.74) is 1.30. The first-order valence-corrected chi connectivity index (χ1v) is 6.46. The molecule has 0 spiro atoms. The van der Waals surface area contributed by atoms with Crippen molar-refractivity contribution in [3.63, 3.8) is 0 Å². The summed E-state index contributed by atoms with van der Waals surface area (Å²) in [7, 11) is 0. The highest BCUT2D eigenvalue weighted by molar-refractivity contribution is 7.17. The number of nitrogens with one attached hydrogen (secondary N) is 1. The lowest BCUT2D eigenvalue weighted by Crippen LogP contribution is -2.15. The highest BCUT2D eigenvalue weighted by atomic mass is 35.5. The van der Waals surface area contributed by atoms with Gasteiger partial charge in [0, 0.05) is 6.54 Å². The van der Waals surface area contributed by atoms with Gasteiger partial charge in [0.25, 0.3) is 0 Å². The van der Waals surface area contributed by atoms with Gasteiger partial charge in [0.15, 0.2) is 4.47 Å². The molecule has 1 aromatic heterocycles. The maximum absolute atomic E-state index is 5.93. The van der Waals surface area contributed by atoms with E-state index in [0.717, 1.165) is 24.4 Å². The molecule has 0 unspecified atom stereocenters. The van der Waals surface area contributed by atoms with Crippen LogP contribution in [0.25, 0.3) is 6.08 Å². The number of aromatic nitrogens is 1. The molecule has 0 aliphatic heterocycles. The van der Waals surface area contributed by atoms with Crippen LogP contribution in [0.15, 0.2) is 5.57 Å². The van der Waals surface area contributed by atoms with Crippen LogP contribution in [-0.2, 0) is 0 Å². The van der Waals surface area contributed by atoms with Gasteiger partial charge in [-0.1, -0.05) is 42.6 Å². The Morgan fingerprint density at radius 1 is 1.47 bits per heavy atom. The fourth-order valence-corrected chi connectivity index (χ4v) is 2.48. The van der Waals surface area contributed by atoms with E-state index in [1.54, 1.807) is 0 Å². The number of thiazole rings is 1. The van der Waals surface area contributed by atoms with Gasteiger partial charge in [-0.05, 0) is 19.0 Å². The van der Waals surface area contributed by atoms with Crippen LogP contribution in [0.4, 0.5) is 0 Å². The molecular formula is C10H14Cl2N2S. The first-order chi connectivity index (χ1) is 7.17. The summed E-state index contributed by atoms with van der Waals surface area (Å²) >= 11 is 13.1. The summed E-state index contributed by atoms with van der Waals surface area (Å²) in [6, 6.07) is 0. The van der Waals surface area contributed by atoms with Crippen LogP contribution >= 0.6 is 34.5 Å². The van der Waals surface area contributed by atoms with E-state index >= 15 is 0 Å². The molecule has 0 fully saturated rings. The van der Waals surface area contributed by atoms with Gasteiger partial charge in [-0.2, -0.15) is 0 Å². The number of rotatable bonds is 5. The van der Waals surface area contributed by atoms with E-state index < -0.39 is 0 Å². The molecule has 0 radical (unpaired) electrons. The lowest BCUT2D eigenvalue weighted by atomic mass is 10.2. The van der Waals surface area contributed by atoms with E-state index in [-0.39, 0.29) is 0 Å². The molecule has 0 bridgehead atoms. The molecular weight excluding hydrogens is 251 g/mol. The summed E-state index contributed by atoms with van der Waals surface area (Å²) in [6.07, 6.45) is 3.06. The molecule has 1 rings (SSSR count). The average molecular weight is 265 g/mol. The zero-order chi connectivity index (χ0) is 11.3. The quantitative estimate of drug-likeness (QED) is 0.874.